The first-order valence-electron chi connectivity index (χ1n) is 8.35. The smallest absolute Gasteiger partial charge is 0.252 e. The van der Waals surface area contributed by atoms with E-state index in [-0.39, 0.29) is 23.7 Å². The first-order valence-corrected chi connectivity index (χ1v) is 8.35. The SMILES string of the molecule is O=C(NC[C@@H](Cc1cccc(F)c1)N1CCCC1=O)c1cccnc1. The molecule has 1 fully saturated rings. The summed E-state index contributed by atoms with van der Waals surface area (Å²) in [4.78, 5) is 30.1. The highest BCUT2D eigenvalue weighted by Crippen LogP contribution is 2.17. The third-order valence-electron chi connectivity index (χ3n) is 4.33. The van der Waals surface area contributed by atoms with Gasteiger partial charge in [0.1, 0.15) is 5.82 Å². The fraction of sp³-hybridized carbons (Fsp3) is 0.316. The number of carbonyl (C=O) groups is 2. The number of hydrogen-bond donors (Lipinski definition) is 1. The maximum atomic E-state index is 13.4. The molecule has 0 unspecified atom stereocenters. The summed E-state index contributed by atoms with van der Waals surface area (Å²) in [5, 5.41) is 2.86. The van der Waals surface area contributed by atoms with Crippen LogP contribution in [0.25, 0.3) is 0 Å². The first kappa shape index (κ1) is 17.1. The molecule has 0 radical (unpaired) electrons. The van der Waals surface area contributed by atoms with Crippen molar-refractivity contribution in [3.63, 3.8) is 0 Å². The van der Waals surface area contributed by atoms with E-state index in [1.165, 1.54) is 18.3 Å². The number of nitrogens with one attached hydrogen (secondary N) is 1. The van der Waals surface area contributed by atoms with Crippen LogP contribution in [0.5, 0.6) is 0 Å². The summed E-state index contributed by atoms with van der Waals surface area (Å²) >= 11 is 0. The normalized spacial score (nSPS) is 15.2. The van der Waals surface area contributed by atoms with Crippen molar-refractivity contribution < 1.29 is 14.0 Å². The van der Waals surface area contributed by atoms with Gasteiger partial charge in [-0.15, -0.1) is 0 Å². The molecule has 1 aliphatic heterocycles. The van der Waals surface area contributed by atoms with Gasteiger partial charge in [-0.2, -0.15) is 0 Å². The monoisotopic (exact) mass is 341 g/mol. The summed E-state index contributed by atoms with van der Waals surface area (Å²) in [6.45, 7) is 0.984. The molecule has 25 heavy (non-hydrogen) atoms. The number of likely N-dealkylation sites (tertiary alicyclic amines) is 1. The maximum Gasteiger partial charge on any atom is 0.252 e. The van der Waals surface area contributed by atoms with E-state index >= 15 is 0 Å². The topological polar surface area (TPSA) is 62.3 Å². The maximum absolute atomic E-state index is 13.4. The molecule has 0 aliphatic carbocycles. The van der Waals surface area contributed by atoms with Gasteiger partial charge in [0.25, 0.3) is 5.91 Å². The molecule has 1 saturated heterocycles. The van der Waals surface area contributed by atoms with Crippen LogP contribution in [0.1, 0.15) is 28.8 Å². The molecule has 0 saturated carbocycles. The Morgan fingerprint density at radius 1 is 1.32 bits per heavy atom. The Morgan fingerprint density at radius 3 is 2.88 bits per heavy atom. The Labute approximate surface area is 145 Å². The van der Waals surface area contributed by atoms with E-state index in [1.807, 2.05) is 6.07 Å². The molecule has 1 N–H and O–H groups in total. The van der Waals surface area contributed by atoms with Gasteiger partial charge in [-0.25, -0.2) is 4.39 Å². The Kier molecular flexibility index (Phi) is 5.38. The molecule has 2 amide bonds. The van der Waals surface area contributed by atoms with Gasteiger partial charge in [-0.3, -0.25) is 14.6 Å². The highest BCUT2D eigenvalue weighted by molar-refractivity contribution is 5.93. The predicted octanol–water partition coefficient (Wildman–Crippen LogP) is 2.18. The van der Waals surface area contributed by atoms with E-state index in [0.717, 1.165) is 12.0 Å². The van der Waals surface area contributed by atoms with Crippen LogP contribution in [0.2, 0.25) is 0 Å². The van der Waals surface area contributed by atoms with Gasteiger partial charge >= 0.3 is 0 Å². The van der Waals surface area contributed by atoms with Crippen LogP contribution in [0.15, 0.2) is 48.8 Å². The molecule has 1 aromatic carbocycles. The second kappa shape index (κ2) is 7.88. The number of aromatic nitrogens is 1. The van der Waals surface area contributed by atoms with E-state index in [4.69, 9.17) is 0 Å². The van der Waals surface area contributed by atoms with Gasteiger partial charge < -0.3 is 10.2 Å². The Balaban J connectivity index is 1.70. The van der Waals surface area contributed by atoms with Gasteiger partial charge in [0, 0.05) is 31.9 Å². The van der Waals surface area contributed by atoms with Crippen molar-refractivity contribution in [3.05, 3.63) is 65.7 Å². The van der Waals surface area contributed by atoms with Crippen molar-refractivity contribution in [2.24, 2.45) is 0 Å². The lowest BCUT2D eigenvalue weighted by atomic mass is 10.0. The summed E-state index contributed by atoms with van der Waals surface area (Å²) in [5.74, 6) is -0.454. The summed E-state index contributed by atoms with van der Waals surface area (Å²) in [7, 11) is 0. The summed E-state index contributed by atoms with van der Waals surface area (Å²) < 4.78 is 13.4. The molecule has 0 bridgehead atoms. The number of benzene rings is 1. The number of hydrogen-bond acceptors (Lipinski definition) is 3. The van der Waals surface area contributed by atoms with Crippen LogP contribution in [0.3, 0.4) is 0 Å². The van der Waals surface area contributed by atoms with Gasteiger partial charge in [-0.1, -0.05) is 12.1 Å². The number of rotatable bonds is 6. The van der Waals surface area contributed by atoms with Gasteiger partial charge in [0.15, 0.2) is 0 Å². The minimum Gasteiger partial charge on any atom is -0.350 e. The summed E-state index contributed by atoms with van der Waals surface area (Å²) in [6.07, 6.45) is 4.94. The van der Waals surface area contributed by atoms with E-state index < -0.39 is 0 Å². The molecule has 5 nitrogen and oxygen atoms in total. The molecule has 2 aromatic rings. The van der Waals surface area contributed by atoms with Crippen molar-refractivity contribution in [2.45, 2.75) is 25.3 Å². The molecule has 130 valence electrons. The third kappa shape index (κ3) is 4.41. The zero-order chi connectivity index (χ0) is 17.6. The van der Waals surface area contributed by atoms with Crippen LogP contribution in [0, 0.1) is 5.82 Å². The second-order valence-corrected chi connectivity index (χ2v) is 6.13. The molecule has 0 spiro atoms. The van der Waals surface area contributed by atoms with Crippen molar-refractivity contribution in [3.8, 4) is 0 Å². The van der Waals surface area contributed by atoms with Crippen molar-refractivity contribution in [2.75, 3.05) is 13.1 Å². The fourth-order valence-electron chi connectivity index (χ4n) is 3.09. The van der Waals surface area contributed by atoms with Gasteiger partial charge in [0.05, 0.1) is 11.6 Å². The average Bonchev–Trinajstić information content (AvgIpc) is 3.05. The Hall–Kier alpha value is -2.76. The van der Waals surface area contributed by atoms with E-state index in [0.29, 0.717) is 31.5 Å². The minimum absolute atomic E-state index is 0.0806. The van der Waals surface area contributed by atoms with E-state index in [9.17, 15) is 14.0 Å². The highest BCUT2D eigenvalue weighted by Gasteiger charge is 2.28. The van der Waals surface area contributed by atoms with Gasteiger partial charge in [0.2, 0.25) is 5.91 Å². The standard InChI is InChI=1S/C19H20FN3O2/c20-16-6-1-4-14(10-16)11-17(23-9-3-7-18(23)24)13-22-19(25)15-5-2-8-21-12-15/h1-2,4-6,8,10,12,17H,3,7,9,11,13H2,(H,22,25)/t17-/m1/s1. The van der Waals surface area contributed by atoms with Crippen molar-refractivity contribution in [1.29, 1.82) is 0 Å². The molecular weight excluding hydrogens is 321 g/mol. The lowest BCUT2D eigenvalue weighted by Gasteiger charge is -2.28. The second-order valence-electron chi connectivity index (χ2n) is 6.13. The number of carbonyl (C=O) groups excluding carboxylic acids is 2. The molecule has 6 heteroatoms. The fourth-order valence-corrected chi connectivity index (χ4v) is 3.09. The number of amides is 2. The minimum atomic E-state index is -0.302. The number of nitrogens with zero attached hydrogens (tertiary/aromatic N) is 2. The lowest BCUT2D eigenvalue weighted by molar-refractivity contribution is -0.129. The Bertz CT molecular complexity index is 751. The summed E-state index contributed by atoms with van der Waals surface area (Å²) in [6, 6.07) is 9.53. The molecule has 2 heterocycles. The van der Waals surface area contributed by atoms with Crippen molar-refractivity contribution >= 4 is 11.8 Å². The van der Waals surface area contributed by atoms with Crippen LogP contribution in [-0.2, 0) is 11.2 Å². The molecule has 1 atom stereocenters. The third-order valence-corrected chi connectivity index (χ3v) is 4.33. The zero-order valence-electron chi connectivity index (χ0n) is 13.8. The van der Waals surface area contributed by atoms with Crippen LogP contribution < -0.4 is 5.32 Å². The zero-order valence-corrected chi connectivity index (χ0v) is 13.8. The largest absolute Gasteiger partial charge is 0.350 e. The average molecular weight is 341 g/mol. The van der Waals surface area contributed by atoms with E-state index in [1.54, 1.807) is 29.3 Å². The van der Waals surface area contributed by atoms with Gasteiger partial charge in [-0.05, 0) is 42.7 Å². The van der Waals surface area contributed by atoms with Crippen LogP contribution in [0.4, 0.5) is 4.39 Å². The summed E-state index contributed by atoms with van der Waals surface area (Å²) in [5.41, 5.74) is 1.28. The van der Waals surface area contributed by atoms with Crippen LogP contribution >= 0.6 is 0 Å². The molecular formula is C19H20FN3O2. The molecule has 1 aromatic heterocycles. The lowest BCUT2D eigenvalue weighted by Crippen LogP contribution is -2.45. The van der Waals surface area contributed by atoms with Crippen molar-refractivity contribution in [1.82, 2.24) is 15.2 Å². The quantitative estimate of drug-likeness (QED) is 0.876. The predicted molar refractivity (Wildman–Crippen MR) is 91.4 cm³/mol. The molecule has 3 rings (SSSR count). The number of halogens is 1. The molecule has 1 aliphatic rings. The Morgan fingerprint density at radius 2 is 2.20 bits per heavy atom. The first-order chi connectivity index (χ1) is 12.1. The van der Waals surface area contributed by atoms with E-state index in [2.05, 4.69) is 10.3 Å². The van der Waals surface area contributed by atoms with Crippen LogP contribution in [-0.4, -0.2) is 40.8 Å². The highest BCUT2D eigenvalue weighted by atomic mass is 19.1. The number of pyridine rings is 1.